The molecule has 2 aromatic carbocycles. The van der Waals surface area contributed by atoms with Crippen molar-refractivity contribution < 1.29 is 8.42 Å². The van der Waals surface area contributed by atoms with Crippen LogP contribution in [0.25, 0.3) is 0 Å². The maximum atomic E-state index is 11.5. The second kappa shape index (κ2) is 12.1. The van der Waals surface area contributed by atoms with Crippen LogP contribution in [0.4, 0.5) is 0 Å². The number of nitrogens with one attached hydrogen (secondary N) is 2. The van der Waals surface area contributed by atoms with E-state index in [0.717, 1.165) is 30.9 Å². The summed E-state index contributed by atoms with van der Waals surface area (Å²) >= 11 is 0. The molecule has 2 N–H and O–H groups in total. The van der Waals surface area contributed by atoms with Gasteiger partial charge in [-0.05, 0) is 49.9 Å². The Morgan fingerprint density at radius 3 is 2.25 bits per heavy atom. The molecule has 5 nitrogen and oxygen atoms in total. The van der Waals surface area contributed by atoms with E-state index in [2.05, 4.69) is 46.8 Å². The third-order valence-corrected chi connectivity index (χ3v) is 5.34. The van der Waals surface area contributed by atoms with Gasteiger partial charge in [-0.25, -0.2) is 13.4 Å². The summed E-state index contributed by atoms with van der Waals surface area (Å²) in [5, 5.41) is 6.70. The summed E-state index contributed by atoms with van der Waals surface area (Å²) in [6, 6.07) is 17.6. The third kappa shape index (κ3) is 8.60. The van der Waals surface area contributed by atoms with Crippen molar-refractivity contribution in [1.29, 1.82) is 0 Å². The van der Waals surface area contributed by atoms with Crippen molar-refractivity contribution in [3.05, 3.63) is 65.7 Å². The number of benzene rings is 2. The Kier molecular flexibility index (Phi) is 10.5. The summed E-state index contributed by atoms with van der Waals surface area (Å²) in [7, 11) is -3.17. The van der Waals surface area contributed by atoms with Gasteiger partial charge >= 0.3 is 0 Å². The van der Waals surface area contributed by atoms with Crippen LogP contribution >= 0.6 is 24.0 Å². The van der Waals surface area contributed by atoms with Gasteiger partial charge in [-0.15, -0.1) is 24.0 Å². The molecule has 0 amide bonds. The van der Waals surface area contributed by atoms with E-state index in [1.54, 1.807) is 12.1 Å². The van der Waals surface area contributed by atoms with E-state index in [-0.39, 0.29) is 30.0 Å². The SMILES string of the molecule is CCNC(=NCc1ccc(S(C)(=O)=O)cc1)NC(C)CCc1ccccc1.I. The van der Waals surface area contributed by atoms with E-state index < -0.39 is 9.84 Å². The average molecular weight is 515 g/mol. The maximum Gasteiger partial charge on any atom is 0.191 e. The number of aryl methyl sites for hydroxylation is 1. The Morgan fingerprint density at radius 1 is 1.04 bits per heavy atom. The lowest BCUT2D eigenvalue weighted by Crippen LogP contribution is -2.42. The molecule has 0 saturated carbocycles. The number of halogens is 1. The molecule has 2 rings (SSSR count). The third-order valence-electron chi connectivity index (χ3n) is 4.21. The first-order valence-corrected chi connectivity index (χ1v) is 11.2. The number of sulfone groups is 1. The molecule has 0 aliphatic carbocycles. The van der Waals surface area contributed by atoms with Gasteiger partial charge in [-0.2, -0.15) is 0 Å². The fourth-order valence-corrected chi connectivity index (χ4v) is 3.30. The summed E-state index contributed by atoms with van der Waals surface area (Å²) in [6.07, 6.45) is 3.24. The number of aliphatic imine (C=N–C) groups is 1. The second-order valence-electron chi connectivity index (χ2n) is 6.68. The molecular formula is C21H30IN3O2S. The van der Waals surface area contributed by atoms with Crippen LogP contribution in [-0.4, -0.2) is 33.2 Å². The molecule has 154 valence electrons. The molecule has 1 atom stereocenters. The number of hydrogen-bond donors (Lipinski definition) is 2. The summed E-state index contributed by atoms with van der Waals surface area (Å²) in [6.45, 7) is 5.46. The molecule has 0 saturated heterocycles. The van der Waals surface area contributed by atoms with Crippen LogP contribution in [0.2, 0.25) is 0 Å². The molecule has 0 heterocycles. The number of hydrogen-bond acceptors (Lipinski definition) is 3. The quantitative estimate of drug-likeness (QED) is 0.319. The number of nitrogens with zero attached hydrogens (tertiary/aromatic N) is 1. The molecule has 0 aliphatic heterocycles. The van der Waals surface area contributed by atoms with Crippen LogP contribution in [0.5, 0.6) is 0 Å². The van der Waals surface area contributed by atoms with E-state index >= 15 is 0 Å². The molecule has 0 radical (unpaired) electrons. The van der Waals surface area contributed by atoms with E-state index in [9.17, 15) is 8.42 Å². The molecule has 28 heavy (non-hydrogen) atoms. The largest absolute Gasteiger partial charge is 0.357 e. The first kappa shape index (κ1) is 24.4. The van der Waals surface area contributed by atoms with E-state index in [1.165, 1.54) is 11.8 Å². The molecule has 0 aromatic heterocycles. The van der Waals surface area contributed by atoms with E-state index in [1.807, 2.05) is 25.1 Å². The van der Waals surface area contributed by atoms with Crippen molar-refractivity contribution in [2.45, 2.75) is 44.2 Å². The topological polar surface area (TPSA) is 70.6 Å². The van der Waals surface area contributed by atoms with Crippen molar-refractivity contribution >= 4 is 39.8 Å². The molecule has 7 heteroatoms. The highest BCUT2D eigenvalue weighted by molar-refractivity contribution is 14.0. The molecular weight excluding hydrogens is 485 g/mol. The standard InChI is InChI=1S/C21H29N3O2S.HI/c1-4-22-21(24-17(2)10-11-18-8-6-5-7-9-18)23-16-19-12-14-20(15-13-19)27(3,25)26;/h5-9,12-15,17H,4,10-11,16H2,1-3H3,(H2,22,23,24);1H. The molecule has 1 unspecified atom stereocenters. The fraction of sp³-hybridized carbons (Fsp3) is 0.381. The highest BCUT2D eigenvalue weighted by atomic mass is 127. The minimum atomic E-state index is -3.17. The van der Waals surface area contributed by atoms with Gasteiger partial charge in [0, 0.05) is 18.8 Å². The normalized spacial score (nSPS) is 12.8. The van der Waals surface area contributed by atoms with Crippen LogP contribution in [0.3, 0.4) is 0 Å². The smallest absolute Gasteiger partial charge is 0.191 e. The van der Waals surface area contributed by atoms with Gasteiger partial charge < -0.3 is 10.6 Å². The zero-order valence-electron chi connectivity index (χ0n) is 16.7. The fourth-order valence-electron chi connectivity index (χ4n) is 2.67. The Hall–Kier alpha value is -1.61. The van der Waals surface area contributed by atoms with Crippen molar-refractivity contribution in [3.63, 3.8) is 0 Å². The van der Waals surface area contributed by atoms with Crippen LogP contribution in [0.15, 0.2) is 64.5 Å². The van der Waals surface area contributed by atoms with Crippen LogP contribution in [-0.2, 0) is 22.8 Å². The Balaban J connectivity index is 0.00000392. The summed E-state index contributed by atoms with van der Waals surface area (Å²) in [4.78, 5) is 4.94. The van der Waals surface area contributed by atoms with Crippen molar-refractivity contribution in [1.82, 2.24) is 10.6 Å². The minimum Gasteiger partial charge on any atom is -0.357 e. The number of guanidine groups is 1. The summed E-state index contributed by atoms with van der Waals surface area (Å²) < 4.78 is 23.1. The molecule has 0 aliphatic rings. The van der Waals surface area contributed by atoms with Crippen LogP contribution < -0.4 is 10.6 Å². The zero-order chi connectivity index (χ0) is 19.7. The zero-order valence-corrected chi connectivity index (χ0v) is 19.8. The van der Waals surface area contributed by atoms with Crippen molar-refractivity contribution in [2.24, 2.45) is 4.99 Å². The highest BCUT2D eigenvalue weighted by Crippen LogP contribution is 2.11. The Morgan fingerprint density at radius 2 is 1.68 bits per heavy atom. The molecule has 0 spiro atoms. The van der Waals surface area contributed by atoms with Gasteiger partial charge in [0.15, 0.2) is 15.8 Å². The van der Waals surface area contributed by atoms with Crippen LogP contribution in [0, 0.1) is 0 Å². The minimum absolute atomic E-state index is 0. The Bertz CT molecular complexity index is 838. The van der Waals surface area contributed by atoms with E-state index in [4.69, 9.17) is 0 Å². The first-order valence-electron chi connectivity index (χ1n) is 9.26. The second-order valence-corrected chi connectivity index (χ2v) is 8.70. The average Bonchev–Trinajstić information content (AvgIpc) is 2.65. The Labute approximate surface area is 186 Å². The predicted octanol–water partition coefficient (Wildman–Crippen LogP) is 3.78. The van der Waals surface area contributed by atoms with Gasteiger partial charge in [-0.3, -0.25) is 0 Å². The molecule has 0 bridgehead atoms. The van der Waals surface area contributed by atoms with Gasteiger partial charge in [0.05, 0.1) is 11.4 Å². The first-order chi connectivity index (χ1) is 12.9. The number of rotatable bonds is 8. The van der Waals surface area contributed by atoms with Gasteiger partial charge in [-0.1, -0.05) is 42.5 Å². The molecule has 2 aromatic rings. The molecule has 0 fully saturated rings. The predicted molar refractivity (Wildman–Crippen MR) is 127 cm³/mol. The summed E-state index contributed by atoms with van der Waals surface area (Å²) in [5.41, 5.74) is 2.30. The lowest BCUT2D eigenvalue weighted by Gasteiger charge is -2.18. The lowest BCUT2D eigenvalue weighted by molar-refractivity contribution is 0.593. The lowest BCUT2D eigenvalue weighted by atomic mass is 10.1. The van der Waals surface area contributed by atoms with Crippen molar-refractivity contribution in [2.75, 3.05) is 12.8 Å². The summed E-state index contributed by atoms with van der Waals surface area (Å²) in [5.74, 6) is 0.769. The monoisotopic (exact) mass is 515 g/mol. The van der Waals surface area contributed by atoms with Gasteiger partial charge in [0.2, 0.25) is 0 Å². The van der Waals surface area contributed by atoms with Crippen molar-refractivity contribution in [3.8, 4) is 0 Å². The van der Waals surface area contributed by atoms with Gasteiger partial charge in [0.25, 0.3) is 0 Å². The van der Waals surface area contributed by atoms with Gasteiger partial charge in [0.1, 0.15) is 0 Å². The highest BCUT2D eigenvalue weighted by Gasteiger charge is 2.07. The van der Waals surface area contributed by atoms with E-state index in [0.29, 0.717) is 11.4 Å². The maximum absolute atomic E-state index is 11.5. The van der Waals surface area contributed by atoms with Crippen LogP contribution in [0.1, 0.15) is 31.4 Å².